The van der Waals surface area contributed by atoms with Crippen LogP contribution in [0.2, 0.25) is 0 Å². The van der Waals surface area contributed by atoms with Gasteiger partial charge in [-0.2, -0.15) is 0 Å². The van der Waals surface area contributed by atoms with Gasteiger partial charge < -0.3 is 0 Å². The fourth-order valence-electron chi connectivity index (χ4n) is 0.196. The summed E-state index contributed by atoms with van der Waals surface area (Å²) in [6.45, 7) is 0. The molecule has 0 aromatic carbocycles. The molecule has 1 radical (unpaired) electrons. The van der Waals surface area contributed by atoms with Gasteiger partial charge in [0.05, 0.1) is 0 Å². The van der Waals surface area contributed by atoms with E-state index < -0.39 is 0 Å². The molecule has 0 atom stereocenters. The van der Waals surface area contributed by atoms with Crippen molar-refractivity contribution in [2.75, 3.05) is 0 Å². The van der Waals surface area contributed by atoms with Gasteiger partial charge in [0.2, 0.25) is 0 Å². The Morgan fingerprint density at radius 2 is 2.33 bits per heavy atom. The summed E-state index contributed by atoms with van der Waals surface area (Å²) in [7, 11) is 0. The molecule has 0 saturated carbocycles. The lowest BCUT2D eigenvalue weighted by Gasteiger charge is -1.38. The van der Waals surface area contributed by atoms with Crippen molar-refractivity contribution in [1.29, 1.82) is 0 Å². The molecule has 1 rings (SSSR count). The summed E-state index contributed by atoms with van der Waals surface area (Å²) in [4.78, 5) is 0. The van der Waals surface area contributed by atoms with Gasteiger partial charge in [0.25, 0.3) is 0 Å². The molecule has 6 heavy (non-hydrogen) atoms. The van der Waals surface area contributed by atoms with E-state index in [1.165, 1.54) is 0 Å². The highest BCUT2D eigenvalue weighted by Gasteiger charge is 1.60. The van der Waals surface area contributed by atoms with E-state index in [4.69, 9.17) is 0 Å². The molecule has 2 heteroatoms. The zero-order chi connectivity index (χ0) is 3.54. The van der Waals surface area contributed by atoms with Crippen LogP contribution >= 0.6 is 11.3 Å². The molecule has 0 unspecified atom stereocenters. The second kappa shape index (κ2) is 3.65. The molecule has 0 aliphatic heterocycles. The molecule has 1 aromatic rings. The Kier molecular flexibility index (Phi) is 3.93. The molecule has 0 aliphatic rings. The van der Waals surface area contributed by atoms with Crippen LogP contribution in [0.3, 0.4) is 0 Å². The topological polar surface area (TPSA) is 0 Å². The standard InChI is InChI=1S/C4H3S.Mg.2H/c1-2-4-5-3-1;;;/h1-3H;;;. The van der Waals surface area contributed by atoms with Gasteiger partial charge in [0.15, 0.2) is 0 Å². The molecule has 29 valence electrons. The zero-order valence-electron chi connectivity index (χ0n) is 2.64. The van der Waals surface area contributed by atoms with Crippen LogP contribution in [0.1, 0.15) is 0 Å². The van der Waals surface area contributed by atoms with Crippen molar-refractivity contribution in [3.05, 3.63) is 22.9 Å². The Labute approximate surface area is 57.3 Å². The van der Waals surface area contributed by atoms with Gasteiger partial charge in [-0.3, -0.25) is 0 Å². The second-order valence-corrected chi connectivity index (χ2v) is 1.47. The molecule has 0 bridgehead atoms. The Balaban J connectivity index is 0.000000250. The van der Waals surface area contributed by atoms with Crippen molar-refractivity contribution in [1.82, 2.24) is 0 Å². The third-order valence-corrected chi connectivity index (χ3v) is 0.944. The third-order valence-electron chi connectivity index (χ3n) is 0.379. The van der Waals surface area contributed by atoms with E-state index >= 15 is 0 Å². The monoisotopic (exact) mass is 109 g/mol. The molecular weight excluding hydrogens is 104 g/mol. The predicted molar refractivity (Wildman–Crippen MR) is 31.7 cm³/mol. The van der Waals surface area contributed by atoms with Crippen LogP contribution in [0, 0.1) is 5.38 Å². The van der Waals surface area contributed by atoms with Crippen LogP contribution in [0.15, 0.2) is 17.5 Å². The Morgan fingerprint density at radius 1 is 1.50 bits per heavy atom. The van der Waals surface area contributed by atoms with Gasteiger partial charge in [0, 0.05) is 5.38 Å². The zero-order valence-corrected chi connectivity index (χ0v) is 3.46. The first-order valence-electron chi connectivity index (χ1n) is 1.40. The largest absolute Gasteiger partial charge is 0.316 e. The van der Waals surface area contributed by atoms with Crippen molar-refractivity contribution in [3.8, 4) is 0 Å². The molecule has 0 aliphatic carbocycles. The van der Waals surface area contributed by atoms with Gasteiger partial charge >= 0.3 is 23.1 Å². The number of thiophene rings is 1. The Hall–Kier alpha value is 0.466. The summed E-state index contributed by atoms with van der Waals surface area (Å²) >= 11 is 1.59. The van der Waals surface area contributed by atoms with E-state index in [2.05, 4.69) is 5.38 Å². The Morgan fingerprint density at radius 3 is 2.50 bits per heavy atom. The molecule has 0 fully saturated rings. The second-order valence-electron chi connectivity index (χ2n) is 0.731. The van der Waals surface area contributed by atoms with Gasteiger partial charge in [0.1, 0.15) is 0 Å². The summed E-state index contributed by atoms with van der Waals surface area (Å²) < 4.78 is 0. The molecular formula is C4H5MgS. The van der Waals surface area contributed by atoms with Crippen molar-refractivity contribution in [2.45, 2.75) is 0 Å². The normalized spacial score (nSPS) is 6.67. The lowest BCUT2D eigenvalue weighted by molar-refractivity contribution is 2.01. The summed E-state index contributed by atoms with van der Waals surface area (Å²) in [5, 5.41) is 4.89. The van der Waals surface area contributed by atoms with Crippen LogP contribution in [-0.2, 0) is 0 Å². The minimum atomic E-state index is 0. The van der Waals surface area contributed by atoms with Crippen LogP contribution in [-0.4, -0.2) is 23.1 Å². The van der Waals surface area contributed by atoms with E-state index in [0.29, 0.717) is 0 Å². The summed E-state index contributed by atoms with van der Waals surface area (Å²) in [6.07, 6.45) is 0. The van der Waals surface area contributed by atoms with Gasteiger partial charge in [-0.05, 0) is 11.4 Å². The van der Waals surface area contributed by atoms with Crippen LogP contribution in [0.25, 0.3) is 0 Å². The average molecular weight is 109 g/mol. The third kappa shape index (κ3) is 1.80. The van der Waals surface area contributed by atoms with Crippen LogP contribution < -0.4 is 0 Å². The van der Waals surface area contributed by atoms with Crippen molar-refractivity contribution in [3.63, 3.8) is 0 Å². The SMILES string of the molecule is [MgH2].[c]1cccs1. The maximum atomic E-state index is 2.90. The van der Waals surface area contributed by atoms with Gasteiger partial charge in [-0.25, -0.2) is 0 Å². The minimum Gasteiger partial charge on any atom is -0.143 e. The number of rotatable bonds is 0. The quantitative estimate of drug-likeness (QED) is 0.429. The summed E-state index contributed by atoms with van der Waals surface area (Å²) in [6, 6.07) is 3.86. The highest BCUT2D eigenvalue weighted by atomic mass is 32.1. The van der Waals surface area contributed by atoms with Crippen molar-refractivity contribution in [2.24, 2.45) is 0 Å². The molecule has 0 N–H and O–H groups in total. The summed E-state index contributed by atoms with van der Waals surface area (Å²) in [5.74, 6) is 0. The van der Waals surface area contributed by atoms with Crippen LogP contribution in [0.4, 0.5) is 0 Å². The van der Waals surface area contributed by atoms with Gasteiger partial charge in [-0.15, -0.1) is 11.3 Å². The maximum absolute atomic E-state index is 2.90. The van der Waals surface area contributed by atoms with E-state index in [1.807, 2.05) is 17.5 Å². The lowest BCUT2D eigenvalue weighted by atomic mass is 10.7. The van der Waals surface area contributed by atoms with E-state index in [9.17, 15) is 0 Å². The molecule has 0 nitrogen and oxygen atoms in total. The van der Waals surface area contributed by atoms with Crippen molar-refractivity contribution < 1.29 is 0 Å². The molecule has 0 spiro atoms. The fourth-order valence-corrected chi connectivity index (χ4v) is 0.589. The van der Waals surface area contributed by atoms with E-state index in [1.54, 1.807) is 11.3 Å². The first-order valence-corrected chi connectivity index (χ1v) is 2.27. The smallest absolute Gasteiger partial charge is 0.143 e. The van der Waals surface area contributed by atoms with Crippen molar-refractivity contribution >= 4 is 34.4 Å². The molecule has 0 saturated heterocycles. The minimum absolute atomic E-state index is 0. The lowest BCUT2D eigenvalue weighted by Crippen LogP contribution is -1.17. The first kappa shape index (κ1) is 6.47. The fraction of sp³-hybridized carbons (Fsp3) is 0. The predicted octanol–water partition coefficient (Wildman–Crippen LogP) is 0.632. The van der Waals surface area contributed by atoms with E-state index in [0.717, 1.165) is 0 Å². The van der Waals surface area contributed by atoms with Crippen LogP contribution in [0.5, 0.6) is 0 Å². The first-order chi connectivity index (χ1) is 2.50. The maximum Gasteiger partial charge on any atom is 0.316 e. The number of hydrogen-bond donors (Lipinski definition) is 0. The number of hydrogen-bond acceptors (Lipinski definition) is 1. The molecule has 0 amide bonds. The highest BCUT2D eigenvalue weighted by Crippen LogP contribution is 1.90. The average Bonchev–Trinajstić information content (AvgIpc) is 1.76. The Bertz CT molecular complexity index is 64.0. The van der Waals surface area contributed by atoms with E-state index in [-0.39, 0.29) is 23.1 Å². The molecule has 1 heterocycles. The van der Waals surface area contributed by atoms with Gasteiger partial charge in [-0.1, -0.05) is 6.07 Å². The summed E-state index contributed by atoms with van der Waals surface area (Å²) in [5.41, 5.74) is 0. The highest BCUT2D eigenvalue weighted by molar-refractivity contribution is 7.07. The molecule has 1 aromatic heterocycles.